The SMILES string of the molecule is Oc1ccc(F)c(OC(F)F)c1Br. The minimum absolute atomic E-state index is 0.229. The van der Waals surface area contributed by atoms with Gasteiger partial charge in [-0.25, -0.2) is 4.39 Å². The molecule has 1 rings (SSSR count). The van der Waals surface area contributed by atoms with Crippen LogP contribution >= 0.6 is 15.9 Å². The Kier molecular flexibility index (Phi) is 3.02. The van der Waals surface area contributed by atoms with Gasteiger partial charge in [-0.15, -0.1) is 0 Å². The maximum Gasteiger partial charge on any atom is 0.387 e. The molecule has 0 aliphatic rings. The summed E-state index contributed by atoms with van der Waals surface area (Å²) in [5.41, 5.74) is 0. The summed E-state index contributed by atoms with van der Waals surface area (Å²) in [6.07, 6.45) is 0. The Morgan fingerprint density at radius 2 is 2.00 bits per heavy atom. The average Bonchev–Trinajstić information content (AvgIpc) is 2.05. The van der Waals surface area contributed by atoms with Gasteiger partial charge in [-0.2, -0.15) is 8.78 Å². The summed E-state index contributed by atoms with van der Waals surface area (Å²) in [5, 5.41) is 9.00. The van der Waals surface area contributed by atoms with Crippen molar-refractivity contribution in [3.8, 4) is 11.5 Å². The molecule has 0 aliphatic carbocycles. The Morgan fingerprint density at radius 3 is 2.54 bits per heavy atom. The maximum atomic E-state index is 12.8. The van der Waals surface area contributed by atoms with Crippen molar-refractivity contribution in [1.82, 2.24) is 0 Å². The van der Waals surface area contributed by atoms with Crippen LogP contribution in [-0.4, -0.2) is 11.7 Å². The highest BCUT2D eigenvalue weighted by Gasteiger charge is 2.16. The highest BCUT2D eigenvalue weighted by atomic mass is 79.9. The van der Waals surface area contributed by atoms with Crippen LogP contribution in [0.3, 0.4) is 0 Å². The van der Waals surface area contributed by atoms with E-state index in [1.54, 1.807) is 0 Å². The van der Waals surface area contributed by atoms with Crippen LogP contribution in [0.15, 0.2) is 16.6 Å². The monoisotopic (exact) mass is 256 g/mol. The minimum Gasteiger partial charge on any atom is -0.507 e. The molecular formula is C7H4BrF3O2. The zero-order chi connectivity index (χ0) is 10.0. The molecule has 2 nitrogen and oxygen atoms in total. The van der Waals surface area contributed by atoms with Crippen LogP contribution in [-0.2, 0) is 0 Å². The Morgan fingerprint density at radius 1 is 1.38 bits per heavy atom. The molecule has 0 fully saturated rings. The fourth-order valence-electron chi connectivity index (χ4n) is 0.719. The van der Waals surface area contributed by atoms with Crippen LogP contribution in [0.4, 0.5) is 13.2 Å². The van der Waals surface area contributed by atoms with Crippen LogP contribution in [0.1, 0.15) is 0 Å². The molecule has 0 radical (unpaired) electrons. The van der Waals surface area contributed by atoms with Crippen molar-refractivity contribution in [2.45, 2.75) is 6.61 Å². The molecule has 0 atom stereocenters. The van der Waals surface area contributed by atoms with E-state index in [-0.39, 0.29) is 10.2 Å². The standard InChI is InChI=1S/C7H4BrF3O2/c8-5-4(12)2-1-3(9)6(5)13-7(10)11/h1-2,7,12H. The summed E-state index contributed by atoms with van der Waals surface area (Å²) in [6, 6.07) is 1.86. The van der Waals surface area contributed by atoms with Crippen molar-refractivity contribution in [3.63, 3.8) is 0 Å². The summed E-state index contributed by atoms with van der Waals surface area (Å²) < 4.78 is 39.8. The normalized spacial score (nSPS) is 10.5. The molecule has 0 unspecified atom stereocenters. The third kappa shape index (κ3) is 2.27. The second kappa shape index (κ2) is 3.87. The predicted molar refractivity (Wildman–Crippen MR) is 42.4 cm³/mol. The van der Waals surface area contributed by atoms with Gasteiger partial charge in [0.1, 0.15) is 10.2 Å². The molecule has 0 aliphatic heterocycles. The van der Waals surface area contributed by atoms with Gasteiger partial charge in [-0.1, -0.05) is 0 Å². The average molecular weight is 257 g/mol. The summed E-state index contributed by atoms with van der Waals surface area (Å²) in [7, 11) is 0. The smallest absolute Gasteiger partial charge is 0.387 e. The number of alkyl halides is 2. The van der Waals surface area contributed by atoms with E-state index in [9.17, 15) is 13.2 Å². The number of ether oxygens (including phenoxy) is 1. The van der Waals surface area contributed by atoms with Crippen molar-refractivity contribution in [2.75, 3.05) is 0 Å². The van der Waals surface area contributed by atoms with E-state index in [0.29, 0.717) is 0 Å². The molecule has 0 heterocycles. The number of halogens is 4. The first kappa shape index (κ1) is 10.2. The van der Waals surface area contributed by atoms with E-state index in [2.05, 4.69) is 20.7 Å². The topological polar surface area (TPSA) is 29.5 Å². The van der Waals surface area contributed by atoms with Gasteiger partial charge in [0.2, 0.25) is 0 Å². The largest absolute Gasteiger partial charge is 0.507 e. The molecule has 0 amide bonds. The van der Waals surface area contributed by atoms with Crippen molar-refractivity contribution in [2.24, 2.45) is 0 Å². The van der Waals surface area contributed by atoms with Gasteiger partial charge in [0.25, 0.3) is 0 Å². The van der Waals surface area contributed by atoms with Gasteiger partial charge in [-0.3, -0.25) is 0 Å². The number of benzene rings is 1. The molecule has 0 aromatic heterocycles. The van der Waals surface area contributed by atoms with E-state index >= 15 is 0 Å². The molecule has 6 heteroatoms. The predicted octanol–water partition coefficient (Wildman–Crippen LogP) is 2.90. The third-order valence-electron chi connectivity index (χ3n) is 1.24. The van der Waals surface area contributed by atoms with Gasteiger partial charge in [0.15, 0.2) is 11.6 Å². The lowest BCUT2D eigenvalue weighted by atomic mass is 10.3. The summed E-state index contributed by atoms with van der Waals surface area (Å²) in [4.78, 5) is 0. The fourth-order valence-corrected chi connectivity index (χ4v) is 1.13. The Labute approximate surface area is 80.1 Å². The highest BCUT2D eigenvalue weighted by Crippen LogP contribution is 2.36. The Bertz CT molecular complexity index is 317. The molecule has 72 valence electrons. The first-order chi connectivity index (χ1) is 6.02. The maximum absolute atomic E-state index is 12.8. The molecular weight excluding hydrogens is 253 g/mol. The molecule has 1 aromatic carbocycles. The van der Waals surface area contributed by atoms with Crippen LogP contribution < -0.4 is 4.74 Å². The lowest BCUT2D eigenvalue weighted by molar-refractivity contribution is -0.0528. The lowest BCUT2D eigenvalue weighted by Gasteiger charge is -2.08. The highest BCUT2D eigenvalue weighted by molar-refractivity contribution is 9.10. The molecule has 0 bridgehead atoms. The number of rotatable bonds is 2. The summed E-state index contributed by atoms with van der Waals surface area (Å²) >= 11 is 2.71. The van der Waals surface area contributed by atoms with Crippen LogP contribution in [0.5, 0.6) is 11.5 Å². The number of phenols is 1. The fraction of sp³-hybridized carbons (Fsp3) is 0.143. The van der Waals surface area contributed by atoms with Crippen molar-refractivity contribution in [3.05, 3.63) is 22.4 Å². The second-order valence-electron chi connectivity index (χ2n) is 2.09. The van der Waals surface area contributed by atoms with Crippen LogP contribution in [0.2, 0.25) is 0 Å². The zero-order valence-corrected chi connectivity index (χ0v) is 7.69. The first-order valence-corrected chi connectivity index (χ1v) is 3.93. The van der Waals surface area contributed by atoms with Gasteiger partial charge >= 0.3 is 6.61 Å². The number of hydrogen-bond acceptors (Lipinski definition) is 2. The van der Waals surface area contributed by atoms with Gasteiger partial charge < -0.3 is 9.84 Å². The summed E-state index contributed by atoms with van der Waals surface area (Å²) in [5.74, 6) is -2.03. The van der Waals surface area contributed by atoms with E-state index in [1.165, 1.54) is 0 Å². The third-order valence-corrected chi connectivity index (χ3v) is 2.00. The van der Waals surface area contributed by atoms with Crippen molar-refractivity contribution >= 4 is 15.9 Å². The lowest BCUT2D eigenvalue weighted by Crippen LogP contribution is -2.04. The van der Waals surface area contributed by atoms with Gasteiger partial charge in [-0.05, 0) is 28.1 Å². The first-order valence-electron chi connectivity index (χ1n) is 3.14. The number of hydrogen-bond donors (Lipinski definition) is 1. The van der Waals surface area contributed by atoms with Gasteiger partial charge in [0.05, 0.1) is 0 Å². The van der Waals surface area contributed by atoms with Gasteiger partial charge in [0, 0.05) is 0 Å². The van der Waals surface area contributed by atoms with E-state index in [0.717, 1.165) is 12.1 Å². The van der Waals surface area contributed by atoms with Crippen molar-refractivity contribution in [1.29, 1.82) is 0 Å². The van der Waals surface area contributed by atoms with E-state index < -0.39 is 18.2 Å². The molecule has 0 spiro atoms. The molecule has 13 heavy (non-hydrogen) atoms. The van der Waals surface area contributed by atoms with Crippen LogP contribution in [0.25, 0.3) is 0 Å². The Balaban J connectivity index is 3.10. The second-order valence-corrected chi connectivity index (χ2v) is 2.88. The number of aromatic hydroxyl groups is 1. The molecule has 1 N–H and O–H groups in total. The van der Waals surface area contributed by atoms with Crippen LogP contribution in [0, 0.1) is 5.82 Å². The molecule has 0 saturated heterocycles. The minimum atomic E-state index is -3.13. The molecule has 1 aromatic rings. The summed E-state index contributed by atoms with van der Waals surface area (Å²) in [6.45, 7) is -3.13. The van der Waals surface area contributed by atoms with E-state index in [4.69, 9.17) is 5.11 Å². The van der Waals surface area contributed by atoms with Crippen molar-refractivity contribution < 1.29 is 23.0 Å². The number of phenolic OH excluding ortho intramolecular Hbond substituents is 1. The van der Waals surface area contributed by atoms with E-state index in [1.807, 2.05) is 0 Å². The Hall–Kier alpha value is -0.910. The molecule has 0 saturated carbocycles. The zero-order valence-electron chi connectivity index (χ0n) is 6.10. The quantitative estimate of drug-likeness (QED) is 0.882.